The lowest BCUT2D eigenvalue weighted by Crippen LogP contribution is -2.34. The highest BCUT2D eigenvalue weighted by Crippen LogP contribution is 2.31. The normalized spacial score (nSPS) is 13.3. The van der Waals surface area contributed by atoms with Crippen molar-refractivity contribution in [2.75, 3.05) is 17.8 Å². The highest BCUT2D eigenvalue weighted by Gasteiger charge is 2.22. The predicted molar refractivity (Wildman–Crippen MR) is 82.4 cm³/mol. The van der Waals surface area contributed by atoms with Crippen LogP contribution in [0.25, 0.3) is 0 Å². The van der Waals surface area contributed by atoms with E-state index in [1.807, 2.05) is 13.0 Å². The Labute approximate surface area is 125 Å². The summed E-state index contributed by atoms with van der Waals surface area (Å²) in [5.74, 6) is 0. The molecule has 7 heteroatoms. The van der Waals surface area contributed by atoms with E-state index in [0.29, 0.717) is 21.2 Å². The van der Waals surface area contributed by atoms with Gasteiger partial charge >= 0.3 is 0 Å². The second kappa shape index (κ2) is 6.88. The fourth-order valence-corrected chi connectivity index (χ4v) is 3.80. The van der Waals surface area contributed by atoms with E-state index in [9.17, 15) is 8.42 Å². The molecule has 0 aliphatic carbocycles. The van der Waals surface area contributed by atoms with E-state index in [1.54, 1.807) is 19.1 Å². The third-order valence-electron chi connectivity index (χ3n) is 2.42. The van der Waals surface area contributed by atoms with Gasteiger partial charge in [-0.25, -0.2) is 8.42 Å². The molecule has 2 N–H and O–H groups in total. The number of rotatable bonds is 6. The van der Waals surface area contributed by atoms with Crippen LogP contribution in [0.3, 0.4) is 0 Å². The summed E-state index contributed by atoms with van der Waals surface area (Å²) in [6.07, 6.45) is 0. The van der Waals surface area contributed by atoms with Gasteiger partial charge in [-0.3, -0.25) is 4.72 Å². The van der Waals surface area contributed by atoms with Crippen molar-refractivity contribution in [2.24, 2.45) is 0 Å². The van der Waals surface area contributed by atoms with Crippen LogP contribution in [0.5, 0.6) is 0 Å². The number of anilines is 1. The Morgan fingerprint density at radius 2 is 1.83 bits per heavy atom. The van der Waals surface area contributed by atoms with Crippen LogP contribution < -0.4 is 10.0 Å². The Morgan fingerprint density at radius 3 is 2.33 bits per heavy atom. The van der Waals surface area contributed by atoms with Crippen molar-refractivity contribution >= 4 is 47.6 Å². The van der Waals surface area contributed by atoms with Gasteiger partial charge in [-0.2, -0.15) is 0 Å². The third kappa shape index (κ3) is 4.22. The fraction of sp³-hybridized carbons (Fsp3) is 0.455. The molecule has 1 aromatic rings. The number of hydrogen-bond acceptors (Lipinski definition) is 3. The fourth-order valence-electron chi connectivity index (χ4n) is 1.30. The van der Waals surface area contributed by atoms with Gasteiger partial charge in [0.1, 0.15) is 0 Å². The summed E-state index contributed by atoms with van der Waals surface area (Å²) in [6, 6.07) is 5.41. The summed E-state index contributed by atoms with van der Waals surface area (Å²) in [5, 5.41) is 2.52. The zero-order valence-electron chi connectivity index (χ0n) is 10.2. The first-order valence-corrected chi connectivity index (χ1v) is 8.68. The predicted octanol–water partition coefficient (Wildman–Crippen LogP) is 2.95. The average molecular weight is 400 g/mol. The van der Waals surface area contributed by atoms with Crippen LogP contribution in [0, 0.1) is 0 Å². The average Bonchev–Trinajstić information content (AvgIpc) is 2.31. The molecule has 1 atom stereocenters. The smallest absolute Gasteiger partial charge is 0.236 e. The van der Waals surface area contributed by atoms with Gasteiger partial charge in [0.15, 0.2) is 0 Å². The van der Waals surface area contributed by atoms with Crippen LogP contribution >= 0.6 is 31.9 Å². The minimum Gasteiger partial charge on any atom is -0.316 e. The number of nitrogens with one attached hydrogen (secondary N) is 2. The summed E-state index contributed by atoms with van der Waals surface area (Å²) >= 11 is 6.66. The molecule has 0 fully saturated rings. The zero-order valence-corrected chi connectivity index (χ0v) is 14.2. The van der Waals surface area contributed by atoms with Gasteiger partial charge in [0.2, 0.25) is 10.0 Å². The molecule has 0 saturated carbocycles. The van der Waals surface area contributed by atoms with E-state index >= 15 is 0 Å². The SMILES string of the molecule is CCNCC(C)S(=O)(=O)Nc1c(Br)cccc1Br. The molecule has 0 radical (unpaired) electrons. The van der Waals surface area contributed by atoms with Crippen molar-refractivity contribution in [3.05, 3.63) is 27.1 Å². The van der Waals surface area contributed by atoms with E-state index in [4.69, 9.17) is 0 Å². The number of sulfonamides is 1. The quantitative estimate of drug-likeness (QED) is 0.772. The number of hydrogen-bond donors (Lipinski definition) is 2. The maximum absolute atomic E-state index is 12.1. The van der Waals surface area contributed by atoms with Crippen LogP contribution in [0.1, 0.15) is 13.8 Å². The molecule has 1 aromatic carbocycles. The van der Waals surface area contributed by atoms with Crippen LogP contribution in [0.2, 0.25) is 0 Å². The van der Waals surface area contributed by atoms with Crippen molar-refractivity contribution in [1.29, 1.82) is 0 Å². The molecule has 1 unspecified atom stereocenters. The van der Waals surface area contributed by atoms with E-state index in [1.165, 1.54) is 0 Å². The zero-order chi connectivity index (χ0) is 13.8. The first-order chi connectivity index (χ1) is 8.38. The summed E-state index contributed by atoms with van der Waals surface area (Å²) < 4.78 is 28.2. The Balaban J connectivity index is 2.89. The van der Waals surface area contributed by atoms with Crippen LogP contribution in [-0.4, -0.2) is 26.8 Å². The second-order valence-corrected chi connectivity index (χ2v) is 7.67. The van der Waals surface area contributed by atoms with Gasteiger partial charge in [0.25, 0.3) is 0 Å². The molecule has 0 heterocycles. The highest BCUT2D eigenvalue weighted by molar-refractivity contribution is 9.11. The molecule has 0 spiro atoms. The Morgan fingerprint density at radius 1 is 1.28 bits per heavy atom. The lowest BCUT2D eigenvalue weighted by atomic mass is 10.3. The molecule has 0 bridgehead atoms. The lowest BCUT2D eigenvalue weighted by Gasteiger charge is -2.16. The van der Waals surface area contributed by atoms with E-state index in [-0.39, 0.29) is 0 Å². The number of para-hydroxylation sites is 1. The monoisotopic (exact) mass is 398 g/mol. The molecule has 4 nitrogen and oxygen atoms in total. The topological polar surface area (TPSA) is 58.2 Å². The first-order valence-electron chi connectivity index (χ1n) is 5.54. The first kappa shape index (κ1) is 15.9. The molecular weight excluding hydrogens is 384 g/mol. The molecule has 0 saturated heterocycles. The van der Waals surface area contributed by atoms with Crippen LogP contribution in [-0.2, 0) is 10.0 Å². The molecule has 0 aliphatic heterocycles. The van der Waals surface area contributed by atoms with Gasteiger partial charge in [0, 0.05) is 15.5 Å². The largest absolute Gasteiger partial charge is 0.316 e. The minimum absolute atomic E-state index is 0.425. The maximum atomic E-state index is 12.1. The van der Waals surface area contributed by atoms with Crippen molar-refractivity contribution in [3.63, 3.8) is 0 Å². The Bertz CT molecular complexity index is 486. The minimum atomic E-state index is -3.40. The molecule has 1 rings (SSSR count). The van der Waals surface area contributed by atoms with Gasteiger partial charge in [-0.1, -0.05) is 13.0 Å². The molecule has 0 aliphatic rings. The third-order valence-corrected chi connectivity index (χ3v) is 5.46. The van der Waals surface area contributed by atoms with Gasteiger partial charge in [0.05, 0.1) is 10.9 Å². The summed E-state index contributed by atoms with van der Waals surface area (Å²) in [6.45, 7) is 4.79. The van der Waals surface area contributed by atoms with Gasteiger partial charge in [-0.15, -0.1) is 0 Å². The van der Waals surface area contributed by atoms with E-state index in [0.717, 1.165) is 6.54 Å². The molecule has 102 valence electrons. The van der Waals surface area contributed by atoms with E-state index < -0.39 is 15.3 Å². The molecule has 0 amide bonds. The summed E-state index contributed by atoms with van der Waals surface area (Å²) in [4.78, 5) is 0. The molecular formula is C11H16Br2N2O2S. The maximum Gasteiger partial charge on any atom is 0.236 e. The molecule has 18 heavy (non-hydrogen) atoms. The Hall–Kier alpha value is -0.110. The standard InChI is InChI=1S/C11H16Br2N2O2S/c1-3-14-7-8(2)18(16,17)15-11-9(12)5-4-6-10(11)13/h4-6,8,14-15H,3,7H2,1-2H3. The lowest BCUT2D eigenvalue weighted by molar-refractivity contribution is 0.579. The van der Waals surface area contributed by atoms with E-state index in [2.05, 4.69) is 41.9 Å². The van der Waals surface area contributed by atoms with Crippen molar-refractivity contribution in [2.45, 2.75) is 19.1 Å². The molecule has 0 aromatic heterocycles. The summed E-state index contributed by atoms with van der Waals surface area (Å²) in [5.41, 5.74) is 0.529. The van der Waals surface area contributed by atoms with Crippen molar-refractivity contribution < 1.29 is 8.42 Å². The Kier molecular flexibility index (Phi) is 6.10. The van der Waals surface area contributed by atoms with Crippen molar-refractivity contribution in [1.82, 2.24) is 5.32 Å². The number of benzene rings is 1. The van der Waals surface area contributed by atoms with Crippen LogP contribution in [0.15, 0.2) is 27.1 Å². The van der Waals surface area contributed by atoms with Crippen LogP contribution in [0.4, 0.5) is 5.69 Å². The van der Waals surface area contributed by atoms with Crippen molar-refractivity contribution in [3.8, 4) is 0 Å². The van der Waals surface area contributed by atoms with Gasteiger partial charge in [-0.05, 0) is 57.5 Å². The van der Waals surface area contributed by atoms with Gasteiger partial charge < -0.3 is 5.32 Å². The highest BCUT2D eigenvalue weighted by atomic mass is 79.9. The summed E-state index contributed by atoms with van der Waals surface area (Å²) in [7, 11) is -3.40. The second-order valence-electron chi connectivity index (χ2n) is 3.86. The number of halogens is 2.